The lowest BCUT2D eigenvalue weighted by Crippen LogP contribution is -2.42. The van der Waals surface area contributed by atoms with Crippen LogP contribution in [0.4, 0.5) is 4.39 Å². The second kappa shape index (κ2) is 5.55. The van der Waals surface area contributed by atoms with Crippen LogP contribution in [-0.2, 0) is 0 Å². The molecule has 0 radical (unpaired) electrons. The van der Waals surface area contributed by atoms with Gasteiger partial charge in [0.05, 0.1) is 0 Å². The molecule has 1 unspecified atom stereocenters. The number of hydrogen-bond acceptors (Lipinski definition) is 1. The third-order valence-corrected chi connectivity index (χ3v) is 3.86. The Balaban J connectivity index is 2.33. The number of benzene rings is 1. The van der Waals surface area contributed by atoms with Crippen LogP contribution in [0, 0.1) is 12.7 Å². The zero-order valence-electron chi connectivity index (χ0n) is 11.6. The minimum absolute atomic E-state index is 0.0563. The maximum Gasteiger partial charge on any atom is 0.254 e. The Morgan fingerprint density at radius 1 is 1.47 bits per heavy atom. The highest BCUT2D eigenvalue weighted by Crippen LogP contribution is 2.23. The van der Waals surface area contributed by atoms with Gasteiger partial charge >= 0.3 is 0 Å². The predicted molar refractivity (Wildman–Crippen MR) is 75.6 cm³/mol. The lowest BCUT2D eigenvalue weighted by Gasteiger charge is -2.33. The van der Waals surface area contributed by atoms with Crippen molar-refractivity contribution in [2.75, 3.05) is 6.54 Å². The Hall–Kier alpha value is -1.64. The standard InChI is InChI=1S/C16H20FNO/c1-4-13-9-11(2)14(10-15(13)17)16(19)18-8-6-5-7-12(18)3/h4,9-10,12H,1,5-8H2,2-3H3. The average molecular weight is 261 g/mol. The van der Waals surface area contributed by atoms with Crippen LogP contribution in [0.3, 0.4) is 0 Å². The summed E-state index contributed by atoms with van der Waals surface area (Å²) in [5, 5.41) is 0. The molecule has 3 heteroatoms. The highest BCUT2D eigenvalue weighted by molar-refractivity contribution is 5.96. The van der Waals surface area contributed by atoms with Gasteiger partial charge in [0, 0.05) is 23.7 Å². The summed E-state index contributed by atoms with van der Waals surface area (Å²) in [5.41, 5.74) is 1.72. The zero-order chi connectivity index (χ0) is 14.0. The third kappa shape index (κ3) is 2.70. The van der Waals surface area contributed by atoms with Gasteiger partial charge in [-0.3, -0.25) is 4.79 Å². The molecule has 0 saturated carbocycles. The molecule has 1 heterocycles. The van der Waals surface area contributed by atoms with Crippen LogP contribution in [-0.4, -0.2) is 23.4 Å². The molecule has 0 bridgehead atoms. The first-order valence-electron chi connectivity index (χ1n) is 6.78. The molecular formula is C16H20FNO. The van der Waals surface area contributed by atoms with E-state index >= 15 is 0 Å². The summed E-state index contributed by atoms with van der Waals surface area (Å²) in [6.45, 7) is 8.24. The number of carbonyl (C=O) groups is 1. The van der Waals surface area contributed by atoms with Crippen LogP contribution in [0.15, 0.2) is 18.7 Å². The lowest BCUT2D eigenvalue weighted by atomic mass is 9.99. The van der Waals surface area contributed by atoms with E-state index in [-0.39, 0.29) is 17.8 Å². The van der Waals surface area contributed by atoms with E-state index in [0.717, 1.165) is 31.4 Å². The molecule has 0 spiro atoms. The minimum Gasteiger partial charge on any atom is -0.336 e. The lowest BCUT2D eigenvalue weighted by molar-refractivity contribution is 0.0634. The number of rotatable bonds is 2. The first-order valence-corrected chi connectivity index (χ1v) is 6.78. The number of hydrogen-bond donors (Lipinski definition) is 0. The molecule has 0 aromatic heterocycles. The van der Waals surface area contributed by atoms with Crippen molar-refractivity contribution >= 4 is 12.0 Å². The number of amides is 1. The summed E-state index contributed by atoms with van der Waals surface area (Å²) in [6.07, 6.45) is 4.69. The Bertz CT molecular complexity index is 510. The van der Waals surface area contributed by atoms with Crippen LogP contribution in [0.25, 0.3) is 6.08 Å². The van der Waals surface area contributed by atoms with Gasteiger partial charge in [0.25, 0.3) is 5.91 Å². The molecule has 1 aliphatic rings. The molecule has 2 nitrogen and oxygen atoms in total. The van der Waals surface area contributed by atoms with Crippen molar-refractivity contribution in [2.24, 2.45) is 0 Å². The normalized spacial score (nSPS) is 19.3. The minimum atomic E-state index is -0.381. The van der Waals surface area contributed by atoms with E-state index in [2.05, 4.69) is 13.5 Å². The summed E-state index contributed by atoms with van der Waals surface area (Å²) in [7, 11) is 0. The molecular weight excluding hydrogens is 241 g/mol. The molecule has 1 aromatic rings. The maximum atomic E-state index is 13.8. The van der Waals surface area contributed by atoms with Gasteiger partial charge in [-0.05, 0) is 50.8 Å². The number of likely N-dealkylation sites (tertiary alicyclic amines) is 1. The first kappa shape index (κ1) is 13.8. The van der Waals surface area contributed by atoms with Crippen LogP contribution < -0.4 is 0 Å². The molecule has 1 fully saturated rings. The van der Waals surface area contributed by atoms with E-state index in [0.29, 0.717) is 11.1 Å². The number of halogens is 1. The Morgan fingerprint density at radius 3 is 2.84 bits per heavy atom. The van der Waals surface area contributed by atoms with Gasteiger partial charge in [-0.1, -0.05) is 12.7 Å². The summed E-state index contributed by atoms with van der Waals surface area (Å²) in [4.78, 5) is 14.4. The molecule has 102 valence electrons. The van der Waals surface area contributed by atoms with Crippen LogP contribution in [0.1, 0.15) is 47.7 Å². The van der Waals surface area contributed by atoms with E-state index < -0.39 is 0 Å². The van der Waals surface area contributed by atoms with E-state index in [4.69, 9.17) is 0 Å². The van der Waals surface area contributed by atoms with Crippen molar-refractivity contribution in [1.29, 1.82) is 0 Å². The third-order valence-electron chi connectivity index (χ3n) is 3.86. The first-order chi connectivity index (χ1) is 9.04. The number of nitrogens with zero attached hydrogens (tertiary/aromatic N) is 1. The van der Waals surface area contributed by atoms with Crippen molar-refractivity contribution < 1.29 is 9.18 Å². The zero-order valence-corrected chi connectivity index (χ0v) is 11.6. The van der Waals surface area contributed by atoms with E-state index in [1.165, 1.54) is 12.1 Å². The van der Waals surface area contributed by atoms with Gasteiger partial charge in [0.2, 0.25) is 0 Å². The number of aryl methyl sites for hydroxylation is 1. The van der Waals surface area contributed by atoms with Crippen molar-refractivity contribution in [3.63, 3.8) is 0 Å². The topological polar surface area (TPSA) is 20.3 Å². The molecule has 1 aliphatic heterocycles. The van der Waals surface area contributed by atoms with Crippen LogP contribution in [0.2, 0.25) is 0 Å². The maximum absolute atomic E-state index is 13.8. The summed E-state index contributed by atoms with van der Waals surface area (Å²) >= 11 is 0. The van der Waals surface area contributed by atoms with Crippen molar-refractivity contribution in [3.05, 3.63) is 41.2 Å². The van der Waals surface area contributed by atoms with E-state index in [1.54, 1.807) is 6.07 Å². The SMILES string of the molecule is C=Cc1cc(C)c(C(=O)N2CCCCC2C)cc1F. The largest absolute Gasteiger partial charge is 0.336 e. The average Bonchev–Trinajstić information content (AvgIpc) is 2.40. The van der Waals surface area contributed by atoms with Crippen LogP contribution in [0.5, 0.6) is 0 Å². The van der Waals surface area contributed by atoms with Gasteiger partial charge in [-0.25, -0.2) is 4.39 Å². The van der Waals surface area contributed by atoms with Crippen molar-refractivity contribution in [3.8, 4) is 0 Å². The van der Waals surface area contributed by atoms with E-state index in [1.807, 2.05) is 11.8 Å². The van der Waals surface area contributed by atoms with E-state index in [9.17, 15) is 9.18 Å². The molecule has 19 heavy (non-hydrogen) atoms. The van der Waals surface area contributed by atoms with Gasteiger partial charge in [-0.15, -0.1) is 0 Å². The monoisotopic (exact) mass is 261 g/mol. The second-order valence-electron chi connectivity index (χ2n) is 5.24. The molecule has 0 N–H and O–H groups in total. The molecule has 1 atom stereocenters. The number of piperidine rings is 1. The Kier molecular flexibility index (Phi) is 4.03. The van der Waals surface area contributed by atoms with Crippen molar-refractivity contribution in [1.82, 2.24) is 4.90 Å². The van der Waals surface area contributed by atoms with Gasteiger partial charge in [0.1, 0.15) is 5.82 Å². The Morgan fingerprint density at radius 2 is 2.21 bits per heavy atom. The molecule has 2 rings (SSSR count). The second-order valence-corrected chi connectivity index (χ2v) is 5.24. The molecule has 1 amide bonds. The number of carbonyl (C=O) groups excluding carboxylic acids is 1. The fourth-order valence-electron chi connectivity index (χ4n) is 2.65. The summed E-state index contributed by atoms with van der Waals surface area (Å²) < 4.78 is 13.8. The molecule has 0 aliphatic carbocycles. The molecule has 1 aromatic carbocycles. The quantitative estimate of drug-likeness (QED) is 0.793. The van der Waals surface area contributed by atoms with Gasteiger partial charge in [0.15, 0.2) is 0 Å². The van der Waals surface area contributed by atoms with Gasteiger partial charge in [-0.2, -0.15) is 0 Å². The summed E-state index contributed by atoms with van der Waals surface area (Å²) in [5.74, 6) is -0.437. The van der Waals surface area contributed by atoms with Crippen molar-refractivity contribution in [2.45, 2.75) is 39.2 Å². The highest BCUT2D eigenvalue weighted by atomic mass is 19.1. The van der Waals surface area contributed by atoms with Gasteiger partial charge < -0.3 is 4.90 Å². The fourth-order valence-corrected chi connectivity index (χ4v) is 2.65. The fraction of sp³-hybridized carbons (Fsp3) is 0.438. The van der Waals surface area contributed by atoms with Crippen LogP contribution >= 0.6 is 0 Å². The Labute approximate surface area is 113 Å². The molecule has 1 saturated heterocycles. The smallest absolute Gasteiger partial charge is 0.254 e. The summed E-state index contributed by atoms with van der Waals surface area (Å²) in [6, 6.07) is 3.27. The highest BCUT2D eigenvalue weighted by Gasteiger charge is 2.25. The predicted octanol–water partition coefficient (Wildman–Crippen LogP) is 3.79.